The second kappa shape index (κ2) is 7.16. The fraction of sp³-hybridized carbons (Fsp3) is 0.375. The van der Waals surface area contributed by atoms with Crippen molar-refractivity contribution in [1.82, 2.24) is 4.72 Å². The van der Waals surface area contributed by atoms with Gasteiger partial charge in [-0.15, -0.1) is 0 Å². The van der Waals surface area contributed by atoms with Crippen molar-refractivity contribution in [2.75, 3.05) is 20.8 Å². The third kappa shape index (κ3) is 3.93. The van der Waals surface area contributed by atoms with E-state index in [9.17, 15) is 8.42 Å². The van der Waals surface area contributed by atoms with Gasteiger partial charge in [-0.05, 0) is 49.2 Å². The normalized spacial score (nSPS) is 13.0. The Morgan fingerprint density at radius 2 is 1.87 bits per heavy atom. The molecule has 2 aromatic rings. The summed E-state index contributed by atoms with van der Waals surface area (Å²) in [6.45, 7) is 3.70. The van der Waals surface area contributed by atoms with Crippen LogP contribution in [0.2, 0.25) is 0 Å². The van der Waals surface area contributed by atoms with Gasteiger partial charge in [0.1, 0.15) is 17.6 Å². The summed E-state index contributed by atoms with van der Waals surface area (Å²) in [6.07, 6.45) is 1.03. The molecule has 1 heterocycles. The second-order valence-corrected chi connectivity index (χ2v) is 6.95. The highest BCUT2D eigenvalue weighted by molar-refractivity contribution is 7.89. The zero-order valence-corrected chi connectivity index (χ0v) is 14.4. The highest BCUT2D eigenvalue weighted by Crippen LogP contribution is 2.26. The van der Waals surface area contributed by atoms with E-state index in [-0.39, 0.29) is 11.4 Å². The topological polar surface area (TPSA) is 77.8 Å². The van der Waals surface area contributed by atoms with E-state index >= 15 is 0 Å². The summed E-state index contributed by atoms with van der Waals surface area (Å²) in [6, 6.07) is 6.64. The van der Waals surface area contributed by atoms with Gasteiger partial charge in [0.15, 0.2) is 0 Å². The molecule has 7 heteroatoms. The number of hydrogen-bond donors (Lipinski definition) is 1. The Balaban J connectivity index is 2.19. The van der Waals surface area contributed by atoms with Crippen molar-refractivity contribution in [3.05, 3.63) is 47.4 Å². The van der Waals surface area contributed by atoms with Gasteiger partial charge in [-0.2, -0.15) is 0 Å². The lowest BCUT2D eigenvalue weighted by atomic mass is 10.1. The minimum absolute atomic E-state index is 0.0798. The molecule has 1 aromatic heterocycles. The summed E-state index contributed by atoms with van der Waals surface area (Å²) in [7, 11) is -0.587. The molecule has 0 spiro atoms. The molecular weight excluding hydrogens is 318 g/mol. The van der Waals surface area contributed by atoms with Crippen LogP contribution in [0, 0.1) is 13.8 Å². The van der Waals surface area contributed by atoms with Gasteiger partial charge in [0.25, 0.3) is 0 Å². The zero-order valence-electron chi connectivity index (χ0n) is 13.6. The quantitative estimate of drug-likeness (QED) is 0.839. The number of benzene rings is 1. The van der Waals surface area contributed by atoms with Crippen LogP contribution < -0.4 is 9.46 Å². The maximum atomic E-state index is 12.5. The summed E-state index contributed by atoms with van der Waals surface area (Å²) in [5.74, 6) is 1.26. The Kier molecular flexibility index (Phi) is 5.46. The first-order chi connectivity index (χ1) is 10.9. The first-order valence-electron chi connectivity index (χ1n) is 7.10. The molecule has 1 aromatic carbocycles. The van der Waals surface area contributed by atoms with Gasteiger partial charge in [0.2, 0.25) is 10.0 Å². The van der Waals surface area contributed by atoms with Gasteiger partial charge in [0, 0.05) is 13.7 Å². The van der Waals surface area contributed by atoms with Crippen LogP contribution in [0.25, 0.3) is 0 Å². The van der Waals surface area contributed by atoms with Crippen LogP contribution in [0.1, 0.15) is 23.0 Å². The van der Waals surface area contributed by atoms with Crippen molar-refractivity contribution in [1.29, 1.82) is 0 Å². The third-order valence-electron chi connectivity index (χ3n) is 3.55. The van der Waals surface area contributed by atoms with Gasteiger partial charge < -0.3 is 13.9 Å². The number of methoxy groups -OCH3 is 2. The van der Waals surface area contributed by atoms with Gasteiger partial charge in [-0.3, -0.25) is 0 Å². The molecule has 0 bridgehead atoms. The van der Waals surface area contributed by atoms with Crippen molar-refractivity contribution in [2.45, 2.75) is 24.8 Å². The number of nitrogens with one attached hydrogen (secondary N) is 1. The van der Waals surface area contributed by atoms with Crippen LogP contribution in [-0.4, -0.2) is 29.2 Å². The highest BCUT2D eigenvalue weighted by atomic mass is 32.2. The number of furan rings is 1. The molecule has 2 rings (SSSR count). The van der Waals surface area contributed by atoms with Crippen molar-refractivity contribution >= 4 is 10.0 Å². The first-order valence-corrected chi connectivity index (χ1v) is 8.58. The monoisotopic (exact) mass is 339 g/mol. The van der Waals surface area contributed by atoms with E-state index in [2.05, 4.69) is 4.72 Å². The van der Waals surface area contributed by atoms with E-state index in [1.165, 1.54) is 13.4 Å². The molecule has 0 aliphatic heterocycles. The Morgan fingerprint density at radius 1 is 1.22 bits per heavy atom. The highest BCUT2D eigenvalue weighted by Gasteiger charge is 2.21. The summed E-state index contributed by atoms with van der Waals surface area (Å²) < 4.78 is 43.3. The smallest absolute Gasteiger partial charge is 0.240 e. The van der Waals surface area contributed by atoms with E-state index in [4.69, 9.17) is 13.9 Å². The lowest BCUT2D eigenvalue weighted by molar-refractivity contribution is 0.0878. The van der Waals surface area contributed by atoms with E-state index in [0.29, 0.717) is 11.5 Å². The van der Waals surface area contributed by atoms with Crippen LogP contribution in [0.15, 0.2) is 39.8 Å². The molecular formula is C16H21NO5S. The minimum atomic E-state index is -3.65. The molecule has 23 heavy (non-hydrogen) atoms. The average molecular weight is 339 g/mol. The fourth-order valence-electron chi connectivity index (χ4n) is 2.43. The lowest BCUT2D eigenvalue weighted by Gasteiger charge is -2.15. The van der Waals surface area contributed by atoms with Crippen molar-refractivity contribution < 1.29 is 22.3 Å². The van der Waals surface area contributed by atoms with Gasteiger partial charge in [-0.25, -0.2) is 13.1 Å². The van der Waals surface area contributed by atoms with Gasteiger partial charge in [-0.1, -0.05) is 0 Å². The number of hydrogen-bond acceptors (Lipinski definition) is 5. The van der Waals surface area contributed by atoms with E-state index in [1.807, 2.05) is 13.8 Å². The molecule has 0 amide bonds. The van der Waals surface area contributed by atoms with Crippen LogP contribution >= 0.6 is 0 Å². The zero-order chi connectivity index (χ0) is 17.0. The Morgan fingerprint density at radius 3 is 2.35 bits per heavy atom. The maximum Gasteiger partial charge on any atom is 0.240 e. The SMILES string of the molecule is COc1c(C)cc(S(=O)(=O)NC[C@H](OC)c2ccco2)cc1C. The Hall–Kier alpha value is -1.83. The van der Waals surface area contributed by atoms with E-state index < -0.39 is 16.1 Å². The largest absolute Gasteiger partial charge is 0.496 e. The molecule has 0 aliphatic rings. The molecule has 126 valence electrons. The molecule has 0 saturated heterocycles. The molecule has 0 saturated carbocycles. The number of ether oxygens (including phenoxy) is 2. The minimum Gasteiger partial charge on any atom is -0.496 e. The van der Waals surface area contributed by atoms with Crippen LogP contribution in [0.4, 0.5) is 0 Å². The van der Waals surface area contributed by atoms with E-state index in [1.54, 1.807) is 31.4 Å². The third-order valence-corrected chi connectivity index (χ3v) is 4.96. The van der Waals surface area contributed by atoms with Crippen LogP contribution in [-0.2, 0) is 14.8 Å². The van der Waals surface area contributed by atoms with Crippen molar-refractivity contribution in [3.63, 3.8) is 0 Å². The molecule has 0 aliphatic carbocycles. The van der Waals surface area contributed by atoms with Crippen LogP contribution in [0.3, 0.4) is 0 Å². The molecule has 1 N–H and O–H groups in total. The maximum absolute atomic E-state index is 12.5. The molecule has 0 radical (unpaired) electrons. The van der Waals surface area contributed by atoms with E-state index in [0.717, 1.165) is 11.1 Å². The summed E-state index contributed by atoms with van der Waals surface area (Å²) in [5, 5.41) is 0. The van der Waals surface area contributed by atoms with Crippen molar-refractivity contribution in [3.8, 4) is 5.75 Å². The predicted molar refractivity (Wildman–Crippen MR) is 86.1 cm³/mol. The number of sulfonamides is 1. The standard InChI is InChI=1S/C16H21NO5S/c1-11-8-13(9-12(2)16(11)21-4)23(18,19)17-10-15(20-3)14-6-5-7-22-14/h5-9,15,17H,10H2,1-4H3/t15-/m0/s1. The second-order valence-electron chi connectivity index (χ2n) is 5.18. The fourth-order valence-corrected chi connectivity index (χ4v) is 3.63. The predicted octanol–water partition coefficient (Wildman–Crippen LogP) is 2.57. The summed E-state index contributed by atoms with van der Waals surface area (Å²) in [5.41, 5.74) is 1.53. The Labute approximate surface area is 136 Å². The number of aryl methyl sites for hydroxylation is 2. The molecule has 0 fully saturated rings. The Bertz CT molecular complexity index is 730. The summed E-state index contributed by atoms with van der Waals surface area (Å²) >= 11 is 0. The lowest BCUT2D eigenvalue weighted by Crippen LogP contribution is -2.29. The molecule has 6 nitrogen and oxygen atoms in total. The van der Waals surface area contributed by atoms with Gasteiger partial charge in [0.05, 0.1) is 18.3 Å². The first kappa shape index (κ1) is 17.5. The average Bonchev–Trinajstić information content (AvgIpc) is 3.01. The van der Waals surface area contributed by atoms with Crippen molar-refractivity contribution in [2.24, 2.45) is 0 Å². The molecule has 1 atom stereocenters. The van der Waals surface area contributed by atoms with Crippen LogP contribution in [0.5, 0.6) is 5.75 Å². The number of rotatable bonds is 7. The molecule has 0 unspecified atom stereocenters. The summed E-state index contributed by atoms with van der Waals surface area (Å²) in [4.78, 5) is 0.197. The van der Waals surface area contributed by atoms with Gasteiger partial charge >= 0.3 is 0 Å².